The summed E-state index contributed by atoms with van der Waals surface area (Å²) in [4.78, 5) is 122. The second kappa shape index (κ2) is 34.5. The molecule has 90 heavy (non-hydrogen) atoms. The molecule has 0 spiro atoms. The van der Waals surface area contributed by atoms with Crippen LogP contribution in [0.2, 0.25) is 0 Å². The summed E-state index contributed by atoms with van der Waals surface area (Å²) < 4.78 is 16.9. The SMILES string of the molecule is C=CC(C)C(=O)O.C=Cc1cc2cc([C@@H](C)OC(=O)[C@@H]3CCCN(C(=O)[C@H](C)NC(=O)[C@@H](CC(=O)C(C)C=C)C(C)C)N3)ccc2cn1.C=Cc1cc2cc([C@@H](C)OC(=O)[C@@H]3CCCN(C(=O)[C@H](C)NC(=O)[C@@H](CC(=O)OC(C)(C)C)C(C)C)N3)ccc2cn1. The second-order valence-electron chi connectivity index (χ2n) is 24.6. The van der Waals surface area contributed by atoms with Crippen molar-refractivity contribution in [1.29, 1.82) is 0 Å². The Balaban J connectivity index is 0.000000347. The molecule has 4 aromatic rings. The number of ketones is 1. The van der Waals surface area contributed by atoms with Gasteiger partial charge in [0, 0.05) is 54.5 Å². The highest BCUT2D eigenvalue weighted by Crippen LogP contribution is 2.28. The van der Waals surface area contributed by atoms with E-state index in [2.05, 4.69) is 57.8 Å². The van der Waals surface area contributed by atoms with E-state index in [4.69, 9.17) is 19.3 Å². The van der Waals surface area contributed by atoms with Gasteiger partial charge in [0.1, 0.15) is 47.8 Å². The quantitative estimate of drug-likeness (QED) is 0.0248. The van der Waals surface area contributed by atoms with E-state index in [1.807, 2.05) is 83.1 Å². The summed E-state index contributed by atoms with van der Waals surface area (Å²) in [6.07, 6.45) is 11.1. The summed E-state index contributed by atoms with van der Waals surface area (Å²) in [6.45, 7) is 38.1. The fourth-order valence-electron chi connectivity index (χ4n) is 9.65. The number of amides is 4. The molecule has 21 heteroatoms. The van der Waals surface area contributed by atoms with Gasteiger partial charge in [-0.25, -0.2) is 10.9 Å². The van der Waals surface area contributed by atoms with E-state index in [0.29, 0.717) is 38.8 Å². The molecular weight excluding hydrogens is 1150 g/mol. The zero-order valence-electron chi connectivity index (χ0n) is 54.6. The number of aromatic nitrogens is 2. The number of pyridine rings is 2. The van der Waals surface area contributed by atoms with E-state index in [-0.39, 0.29) is 54.1 Å². The Morgan fingerprint density at radius 3 is 1.34 bits per heavy atom. The van der Waals surface area contributed by atoms with Gasteiger partial charge >= 0.3 is 23.9 Å². The van der Waals surface area contributed by atoms with Crippen LogP contribution in [-0.4, -0.2) is 121 Å². The largest absolute Gasteiger partial charge is 0.481 e. The first-order valence-corrected chi connectivity index (χ1v) is 30.7. The van der Waals surface area contributed by atoms with Crippen molar-refractivity contribution in [2.45, 2.75) is 171 Å². The number of hydrazine groups is 2. The van der Waals surface area contributed by atoms with Crippen molar-refractivity contribution in [2.75, 3.05) is 13.1 Å². The van der Waals surface area contributed by atoms with Crippen LogP contribution in [0.3, 0.4) is 0 Å². The van der Waals surface area contributed by atoms with Crippen LogP contribution in [0, 0.1) is 35.5 Å². The van der Waals surface area contributed by atoms with Gasteiger partial charge in [-0.2, -0.15) is 0 Å². The van der Waals surface area contributed by atoms with Gasteiger partial charge in [-0.3, -0.25) is 63.1 Å². The molecule has 0 radical (unpaired) electrons. The molecule has 6 rings (SSSR count). The molecular formula is C69H94N8O13. The van der Waals surface area contributed by atoms with Gasteiger partial charge in [-0.15, -0.1) is 13.2 Å². The number of carbonyl (C=O) groups is 9. The van der Waals surface area contributed by atoms with E-state index in [9.17, 15) is 43.2 Å². The molecule has 10 atom stereocenters. The number of carboxylic acids is 1. The van der Waals surface area contributed by atoms with Crippen LogP contribution in [0.1, 0.15) is 163 Å². The highest BCUT2D eigenvalue weighted by atomic mass is 16.6. The number of aliphatic carboxylic acids is 1. The van der Waals surface area contributed by atoms with Crippen LogP contribution in [0.5, 0.6) is 0 Å². The number of benzene rings is 2. The van der Waals surface area contributed by atoms with Crippen molar-refractivity contribution in [3.8, 4) is 0 Å². The molecule has 488 valence electrons. The molecule has 2 aromatic heterocycles. The number of nitrogens with one attached hydrogen (secondary N) is 4. The van der Waals surface area contributed by atoms with Gasteiger partial charge < -0.3 is 30.0 Å². The number of fused-ring (bicyclic) bond motifs is 2. The lowest BCUT2D eigenvalue weighted by Crippen LogP contribution is -2.59. The minimum Gasteiger partial charge on any atom is -0.481 e. The van der Waals surface area contributed by atoms with Crippen molar-refractivity contribution in [1.82, 2.24) is 41.5 Å². The maximum atomic E-state index is 13.2. The molecule has 2 unspecified atom stereocenters. The predicted molar refractivity (Wildman–Crippen MR) is 347 cm³/mol. The number of Topliss-reactive ketones (excluding diaryl/α,β-unsaturated/α-hetero) is 1. The Kier molecular flexibility index (Phi) is 28.4. The summed E-state index contributed by atoms with van der Waals surface area (Å²) in [5, 5.41) is 20.2. The van der Waals surface area contributed by atoms with E-state index >= 15 is 0 Å². The number of nitrogens with zero attached hydrogens (tertiary/aromatic N) is 4. The normalized spacial score (nSPS) is 17.5. The number of hydrogen-bond donors (Lipinski definition) is 5. The maximum Gasteiger partial charge on any atom is 0.325 e. The van der Waals surface area contributed by atoms with Crippen molar-refractivity contribution < 1.29 is 62.5 Å². The molecule has 0 saturated carbocycles. The van der Waals surface area contributed by atoms with Crippen molar-refractivity contribution in [2.24, 2.45) is 35.5 Å². The molecule has 2 fully saturated rings. The molecule has 0 aliphatic carbocycles. The third kappa shape index (κ3) is 22.3. The Morgan fingerprint density at radius 2 is 1.00 bits per heavy atom. The van der Waals surface area contributed by atoms with Gasteiger partial charge in [0.15, 0.2) is 0 Å². The first-order chi connectivity index (χ1) is 42.3. The first kappa shape index (κ1) is 74.0. The van der Waals surface area contributed by atoms with Gasteiger partial charge in [0.2, 0.25) is 11.8 Å². The maximum absolute atomic E-state index is 13.2. The third-order valence-electron chi connectivity index (χ3n) is 15.5. The lowest BCUT2D eigenvalue weighted by atomic mass is 9.86. The molecule has 4 amide bonds. The summed E-state index contributed by atoms with van der Waals surface area (Å²) in [7, 11) is 0. The zero-order valence-corrected chi connectivity index (χ0v) is 54.6. The zero-order chi connectivity index (χ0) is 67.3. The van der Waals surface area contributed by atoms with Crippen LogP contribution < -0.4 is 21.5 Å². The number of allylic oxidation sites excluding steroid dienone is 1. The van der Waals surface area contributed by atoms with E-state index in [0.717, 1.165) is 44.1 Å². The van der Waals surface area contributed by atoms with Crippen LogP contribution in [0.15, 0.2) is 99.4 Å². The Hall–Kier alpha value is -8.43. The van der Waals surface area contributed by atoms with Crippen LogP contribution in [-0.2, 0) is 57.4 Å². The summed E-state index contributed by atoms with van der Waals surface area (Å²) >= 11 is 0. The number of hydrogen-bond acceptors (Lipinski definition) is 16. The van der Waals surface area contributed by atoms with Gasteiger partial charge in [-0.1, -0.05) is 84.2 Å². The van der Waals surface area contributed by atoms with Crippen LogP contribution in [0.4, 0.5) is 0 Å². The number of ether oxygens (including phenoxy) is 3. The van der Waals surface area contributed by atoms with Crippen LogP contribution in [0.25, 0.3) is 33.7 Å². The van der Waals surface area contributed by atoms with Crippen LogP contribution >= 0.6 is 0 Å². The second-order valence-corrected chi connectivity index (χ2v) is 24.6. The van der Waals surface area contributed by atoms with Crippen molar-refractivity contribution in [3.63, 3.8) is 0 Å². The smallest absolute Gasteiger partial charge is 0.325 e. The minimum atomic E-state index is -0.869. The number of esters is 3. The first-order valence-electron chi connectivity index (χ1n) is 30.7. The number of carbonyl (C=O) groups excluding carboxylic acids is 8. The molecule has 2 aliphatic heterocycles. The van der Waals surface area contributed by atoms with Crippen molar-refractivity contribution >= 4 is 87.0 Å². The summed E-state index contributed by atoms with van der Waals surface area (Å²) in [6, 6.07) is 12.3. The molecule has 0 bridgehead atoms. The highest BCUT2D eigenvalue weighted by Gasteiger charge is 2.37. The standard InChI is InChI=1S/C32H44N4O6.C32H42N4O5.C5H8O2/c1-9-25-16-24-15-22(12-13-23(24)18-33-25)21(5)41-31(40)27-11-10-14-36(35-27)30(39)20(4)34-29(38)26(19(2)3)17-28(37)42-32(6,7)8;1-8-20(5)29(37)17-27(19(3)4)30(38)34-21(6)31(39)36-14-10-11-28(35-36)32(40)41-22(7)23-12-13-24-18-33-26(9-2)16-25(24)15-23;1-3-4(2)5(6)7/h9,12-13,15-16,18-21,26-27,35H,1,10-11,14,17H2,2-8H3,(H,34,38);8-9,12-13,15-16,18-22,27-28,35H,1-2,10-11,14,17H2,3-7H3,(H,34,38);3-4H,1H2,2H3,(H,6,7)/t20-,21+,26-,27-;20?,21-,22+,27-,28-;/m00./s1. The fourth-order valence-corrected chi connectivity index (χ4v) is 9.65. The lowest BCUT2D eigenvalue weighted by molar-refractivity contribution is -0.158. The fraction of sp³-hybridized carbons (Fsp3) is 0.493. The minimum absolute atomic E-state index is 0.0664. The Bertz CT molecular complexity index is 3250. The average Bonchev–Trinajstić information content (AvgIpc) is 1.19. The van der Waals surface area contributed by atoms with E-state index in [1.165, 1.54) is 16.1 Å². The number of rotatable bonds is 24. The third-order valence-corrected chi connectivity index (χ3v) is 15.5. The topological polar surface area (TPSA) is 282 Å². The molecule has 2 aromatic carbocycles. The molecule has 4 heterocycles. The van der Waals surface area contributed by atoms with Crippen molar-refractivity contribution in [3.05, 3.63) is 122 Å². The predicted octanol–water partition coefficient (Wildman–Crippen LogP) is 9.92. The Labute approximate surface area is 529 Å². The molecule has 5 N–H and O–H groups in total. The van der Waals surface area contributed by atoms with E-state index < -0.39 is 89.5 Å². The van der Waals surface area contributed by atoms with Gasteiger partial charge in [0.25, 0.3) is 11.8 Å². The summed E-state index contributed by atoms with van der Waals surface area (Å²) in [5.74, 6) is -5.96. The van der Waals surface area contributed by atoms with Gasteiger partial charge in [0.05, 0.1) is 29.6 Å². The molecule has 2 saturated heterocycles. The Morgan fingerprint density at radius 1 is 0.600 bits per heavy atom. The molecule has 21 nitrogen and oxygen atoms in total. The average molecular weight is 1240 g/mol. The summed E-state index contributed by atoms with van der Waals surface area (Å²) in [5.41, 5.74) is 8.51. The highest BCUT2D eigenvalue weighted by molar-refractivity contribution is 5.93. The lowest BCUT2D eigenvalue weighted by Gasteiger charge is -2.35. The monoisotopic (exact) mass is 1240 g/mol. The van der Waals surface area contributed by atoms with Gasteiger partial charge in [-0.05, 0) is 151 Å². The number of carboxylic acid groups (broad SMARTS) is 1. The molecule has 2 aliphatic rings. The van der Waals surface area contributed by atoms with E-state index in [1.54, 1.807) is 86.0 Å².